The summed E-state index contributed by atoms with van der Waals surface area (Å²) in [5, 5.41) is 14.3. The fourth-order valence-electron chi connectivity index (χ4n) is 2.21. The summed E-state index contributed by atoms with van der Waals surface area (Å²) in [6.45, 7) is 0. The number of thiophene rings is 1. The first-order valence-corrected chi connectivity index (χ1v) is 6.93. The van der Waals surface area contributed by atoms with Crippen molar-refractivity contribution >= 4 is 23.0 Å². The quantitative estimate of drug-likeness (QED) is 0.852. The lowest BCUT2D eigenvalue weighted by Gasteiger charge is -2.13. The average molecular weight is 285 g/mol. The highest BCUT2D eigenvalue weighted by Crippen LogP contribution is 2.32. The zero-order valence-electron chi connectivity index (χ0n) is 10.4. The smallest absolute Gasteiger partial charge is 0.287 e. The summed E-state index contributed by atoms with van der Waals surface area (Å²) in [7, 11) is 0. The fourth-order valence-corrected chi connectivity index (χ4v) is 2.88. The van der Waals surface area contributed by atoms with Gasteiger partial charge in [-0.25, -0.2) is 0 Å². The largest absolute Gasteiger partial charge is 0.503 e. The molecule has 2 N–H and O–H groups in total. The molecule has 20 heavy (non-hydrogen) atoms. The predicted octanol–water partition coefficient (Wildman–Crippen LogP) is 2.61. The minimum absolute atomic E-state index is 0.114. The highest BCUT2D eigenvalue weighted by atomic mass is 32.1. The van der Waals surface area contributed by atoms with E-state index in [1.165, 1.54) is 11.3 Å². The summed E-state index contributed by atoms with van der Waals surface area (Å²) in [6.07, 6.45) is 0. The van der Waals surface area contributed by atoms with Crippen LogP contribution in [0.1, 0.15) is 21.3 Å². The van der Waals surface area contributed by atoms with Crippen molar-refractivity contribution in [3.63, 3.8) is 0 Å². The summed E-state index contributed by atoms with van der Waals surface area (Å²) in [4.78, 5) is 24.6. The standard InChI is InChI=1S/C15H11NO3S/c17-13(10-7-4-8-20-10)11-12(16-15(19)14(11)18)9-5-2-1-3-6-9/h1-8,12,18H,(H,16,19)/t12-/m0/s1. The van der Waals surface area contributed by atoms with Crippen molar-refractivity contribution in [2.24, 2.45) is 0 Å². The molecule has 5 heteroatoms. The third-order valence-electron chi connectivity index (χ3n) is 3.16. The second-order valence-electron chi connectivity index (χ2n) is 4.39. The van der Waals surface area contributed by atoms with Crippen molar-refractivity contribution in [2.75, 3.05) is 0 Å². The van der Waals surface area contributed by atoms with Gasteiger partial charge in [0.2, 0.25) is 5.78 Å². The van der Waals surface area contributed by atoms with Crippen LogP contribution in [0.4, 0.5) is 0 Å². The van der Waals surface area contributed by atoms with Crippen molar-refractivity contribution in [1.82, 2.24) is 5.32 Å². The van der Waals surface area contributed by atoms with Gasteiger partial charge in [-0.2, -0.15) is 0 Å². The Hall–Kier alpha value is -2.40. The Bertz CT molecular complexity index is 689. The number of rotatable bonds is 3. The lowest BCUT2D eigenvalue weighted by Crippen LogP contribution is -2.23. The van der Waals surface area contributed by atoms with Gasteiger partial charge >= 0.3 is 0 Å². The fraction of sp³-hybridized carbons (Fsp3) is 0.0667. The number of aliphatic hydroxyl groups excluding tert-OH is 1. The molecule has 0 radical (unpaired) electrons. The number of benzene rings is 1. The van der Waals surface area contributed by atoms with Gasteiger partial charge in [-0.15, -0.1) is 11.3 Å². The van der Waals surface area contributed by atoms with E-state index >= 15 is 0 Å². The van der Waals surface area contributed by atoms with Gasteiger partial charge in [0.05, 0.1) is 16.5 Å². The SMILES string of the molecule is O=C1N[C@@H](c2ccccc2)C(C(=O)c2cccs2)=C1O. The van der Waals surface area contributed by atoms with Gasteiger partial charge in [0, 0.05) is 0 Å². The Labute approximate surface area is 119 Å². The summed E-state index contributed by atoms with van der Waals surface area (Å²) < 4.78 is 0. The molecule has 0 bridgehead atoms. The van der Waals surface area contributed by atoms with Crippen LogP contribution in [0.5, 0.6) is 0 Å². The van der Waals surface area contributed by atoms with E-state index in [0.717, 1.165) is 5.56 Å². The van der Waals surface area contributed by atoms with Crippen LogP contribution in [-0.4, -0.2) is 16.8 Å². The Balaban J connectivity index is 2.05. The highest BCUT2D eigenvalue weighted by molar-refractivity contribution is 7.12. The van der Waals surface area contributed by atoms with Gasteiger partial charge in [0.15, 0.2) is 5.76 Å². The highest BCUT2D eigenvalue weighted by Gasteiger charge is 2.37. The number of carbonyl (C=O) groups is 2. The van der Waals surface area contributed by atoms with Gasteiger partial charge < -0.3 is 10.4 Å². The Morgan fingerprint density at radius 1 is 1.15 bits per heavy atom. The molecule has 2 aromatic rings. The van der Waals surface area contributed by atoms with Crippen LogP contribution in [0.2, 0.25) is 0 Å². The van der Waals surface area contributed by atoms with Crippen LogP contribution in [0, 0.1) is 0 Å². The van der Waals surface area contributed by atoms with Gasteiger partial charge in [0.1, 0.15) is 0 Å². The summed E-state index contributed by atoms with van der Waals surface area (Å²) in [5.41, 5.74) is 0.883. The zero-order valence-corrected chi connectivity index (χ0v) is 11.2. The molecule has 3 rings (SSSR count). The lowest BCUT2D eigenvalue weighted by molar-refractivity contribution is -0.119. The molecular weight excluding hydrogens is 274 g/mol. The monoisotopic (exact) mass is 285 g/mol. The average Bonchev–Trinajstić information content (AvgIpc) is 3.09. The molecule has 1 aromatic carbocycles. The number of carbonyl (C=O) groups excluding carboxylic acids is 2. The second kappa shape index (κ2) is 4.94. The molecule has 0 saturated carbocycles. The predicted molar refractivity (Wildman–Crippen MR) is 75.6 cm³/mol. The number of hydrogen-bond donors (Lipinski definition) is 2. The minimum Gasteiger partial charge on any atom is -0.503 e. The minimum atomic E-state index is -0.612. The van der Waals surface area contributed by atoms with E-state index in [9.17, 15) is 14.7 Å². The normalized spacial score (nSPS) is 18.2. The number of amides is 1. The van der Waals surface area contributed by atoms with E-state index in [1.807, 2.05) is 30.3 Å². The molecular formula is C15H11NO3S. The zero-order chi connectivity index (χ0) is 14.1. The van der Waals surface area contributed by atoms with Crippen molar-refractivity contribution < 1.29 is 14.7 Å². The first-order chi connectivity index (χ1) is 9.68. The molecule has 1 aromatic heterocycles. The maximum absolute atomic E-state index is 12.4. The topological polar surface area (TPSA) is 66.4 Å². The summed E-state index contributed by atoms with van der Waals surface area (Å²) in [5.74, 6) is -1.42. The van der Waals surface area contributed by atoms with Crippen LogP contribution >= 0.6 is 11.3 Å². The van der Waals surface area contributed by atoms with Crippen molar-refractivity contribution in [1.29, 1.82) is 0 Å². The molecule has 0 spiro atoms. The molecule has 0 fully saturated rings. The van der Waals surface area contributed by atoms with E-state index in [0.29, 0.717) is 4.88 Å². The molecule has 0 aliphatic carbocycles. The lowest BCUT2D eigenvalue weighted by atomic mass is 9.96. The van der Waals surface area contributed by atoms with Gasteiger partial charge in [0.25, 0.3) is 5.91 Å². The third-order valence-corrected chi connectivity index (χ3v) is 4.03. The van der Waals surface area contributed by atoms with Crippen molar-refractivity contribution in [2.45, 2.75) is 6.04 Å². The van der Waals surface area contributed by atoms with E-state index in [4.69, 9.17) is 0 Å². The van der Waals surface area contributed by atoms with Crippen LogP contribution < -0.4 is 5.32 Å². The van der Waals surface area contributed by atoms with Crippen molar-refractivity contribution in [3.8, 4) is 0 Å². The van der Waals surface area contributed by atoms with Gasteiger partial charge in [-0.3, -0.25) is 9.59 Å². The summed E-state index contributed by atoms with van der Waals surface area (Å²) in [6, 6.07) is 12.0. The first-order valence-electron chi connectivity index (χ1n) is 6.05. The maximum Gasteiger partial charge on any atom is 0.287 e. The number of Topliss-reactive ketones (excluding diaryl/α,β-unsaturated/α-hetero) is 1. The van der Waals surface area contributed by atoms with Crippen LogP contribution in [-0.2, 0) is 4.79 Å². The molecule has 1 aliphatic rings. The van der Waals surface area contributed by atoms with Gasteiger partial charge in [-0.1, -0.05) is 36.4 Å². The maximum atomic E-state index is 12.4. The summed E-state index contributed by atoms with van der Waals surface area (Å²) >= 11 is 1.28. The third kappa shape index (κ3) is 2.02. The molecule has 0 unspecified atom stereocenters. The van der Waals surface area contributed by atoms with Crippen LogP contribution in [0.3, 0.4) is 0 Å². The number of hydrogen-bond acceptors (Lipinski definition) is 4. The Kier molecular flexibility index (Phi) is 3.12. The van der Waals surface area contributed by atoms with Crippen LogP contribution in [0.15, 0.2) is 59.2 Å². The Morgan fingerprint density at radius 3 is 2.55 bits per heavy atom. The van der Waals surface area contributed by atoms with Gasteiger partial charge in [-0.05, 0) is 17.0 Å². The molecule has 0 saturated heterocycles. The second-order valence-corrected chi connectivity index (χ2v) is 5.33. The van der Waals surface area contributed by atoms with E-state index in [1.54, 1.807) is 17.5 Å². The van der Waals surface area contributed by atoms with E-state index in [-0.39, 0.29) is 11.4 Å². The van der Waals surface area contributed by atoms with Crippen molar-refractivity contribution in [3.05, 3.63) is 69.6 Å². The molecule has 100 valence electrons. The van der Waals surface area contributed by atoms with Crippen LogP contribution in [0.25, 0.3) is 0 Å². The molecule has 2 heterocycles. The molecule has 1 amide bonds. The number of ketones is 1. The van der Waals surface area contributed by atoms with E-state index in [2.05, 4.69) is 5.32 Å². The number of aliphatic hydroxyl groups is 1. The Morgan fingerprint density at radius 2 is 1.90 bits per heavy atom. The van der Waals surface area contributed by atoms with E-state index < -0.39 is 17.7 Å². The molecule has 4 nitrogen and oxygen atoms in total. The number of nitrogens with one attached hydrogen (secondary N) is 1. The molecule has 1 atom stereocenters. The first kappa shape index (κ1) is 12.6. The molecule has 1 aliphatic heterocycles.